The van der Waals surface area contributed by atoms with Crippen LogP contribution in [0.25, 0.3) is 33.2 Å². The van der Waals surface area contributed by atoms with Crippen molar-refractivity contribution in [2.45, 2.75) is 15.4 Å². The third-order valence-corrected chi connectivity index (χ3v) is 7.29. The van der Waals surface area contributed by atoms with Crippen LogP contribution in [0.5, 0.6) is 0 Å². The number of hydrogen-bond acceptors (Lipinski definition) is 7. The van der Waals surface area contributed by atoms with E-state index in [1.807, 2.05) is 37.3 Å². The number of alkyl halides is 1. The second kappa shape index (κ2) is 8.24. The summed E-state index contributed by atoms with van der Waals surface area (Å²) in [5, 5.41) is 3.58. The third-order valence-electron chi connectivity index (χ3n) is 5.35. The largest absolute Gasteiger partial charge is 0.349 e. The van der Waals surface area contributed by atoms with Crippen molar-refractivity contribution in [3.8, 4) is 11.1 Å². The van der Waals surface area contributed by atoms with Crippen molar-refractivity contribution in [1.82, 2.24) is 24.9 Å². The summed E-state index contributed by atoms with van der Waals surface area (Å²) in [6.45, 7) is 1.87. The summed E-state index contributed by atoms with van der Waals surface area (Å²) in [7, 11) is -3.79. The Morgan fingerprint density at radius 3 is 2.59 bits per heavy atom. The molecule has 0 fully saturated rings. The van der Waals surface area contributed by atoms with E-state index in [-0.39, 0.29) is 10.3 Å². The molecule has 2 aromatic carbocycles. The Labute approximate surface area is 208 Å². The van der Waals surface area contributed by atoms with E-state index in [1.54, 1.807) is 0 Å². The van der Waals surface area contributed by atoms with Crippen LogP contribution in [-0.2, 0) is 13.4 Å². The van der Waals surface area contributed by atoms with Crippen molar-refractivity contribution in [2.24, 2.45) is 0 Å². The lowest BCUT2D eigenvalue weighted by Gasteiger charge is -2.28. The Balaban J connectivity index is 1.84. The summed E-state index contributed by atoms with van der Waals surface area (Å²) < 4.78 is 39.5. The van der Waals surface area contributed by atoms with Crippen molar-refractivity contribution < 1.29 is 12.8 Å². The SMILES string of the molecule is CC(I)(Nc1ncnc2[nH]cnc12)c1nc2ccc(F)cc2c(S(C)(=O)=O)c1-c1ccccc1. The summed E-state index contributed by atoms with van der Waals surface area (Å²) in [6, 6.07) is 13.1. The van der Waals surface area contributed by atoms with Gasteiger partial charge in [0.05, 0.1) is 22.4 Å². The first-order chi connectivity index (χ1) is 16.1. The van der Waals surface area contributed by atoms with E-state index < -0.39 is 19.2 Å². The molecule has 0 spiro atoms. The number of aromatic nitrogens is 5. The van der Waals surface area contributed by atoms with Gasteiger partial charge >= 0.3 is 0 Å². The minimum atomic E-state index is -3.79. The maximum absolute atomic E-state index is 14.2. The topological polar surface area (TPSA) is 114 Å². The first kappa shape index (κ1) is 22.6. The lowest BCUT2D eigenvalue weighted by atomic mass is 9.97. The minimum absolute atomic E-state index is 0.0236. The number of hydrogen-bond donors (Lipinski definition) is 2. The summed E-state index contributed by atoms with van der Waals surface area (Å²) in [6.07, 6.45) is 4.06. The average molecular weight is 588 g/mol. The molecule has 0 aliphatic rings. The van der Waals surface area contributed by atoms with Gasteiger partial charge in [0.25, 0.3) is 0 Å². The van der Waals surface area contributed by atoms with Crippen LogP contribution in [0, 0.1) is 5.82 Å². The number of H-pyrrole nitrogens is 1. The van der Waals surface area contributed by atoms with Gasteiger partial charge in [-0.1, -0.05) is 30.3 Å². The molecule has 0 bridgehead atoms. The molecule has 0 radical (unpaired) electrons. The van der Waals surface area contributed by atoms with Crippen LogP contribution >= 0.6 is 22.6 Å². The summed E-state index contributed by atoms with van der Waals surface area (Å²) in [4.78, 5) is 20.6. The first-order valence-corrected chi connectivity index (χ1v) is 13.1. The van der Waals surface area contributed by atoms with Crippen LogP contribution in [0.3, 0.4) is 0 Å². The maximum atomic E-state index is 14.2. The highest BCUT2D eigenvalue weighted by Gasteiger charge is 2.34. The van der Waals surface area contributed by atoms with Gasteiger partial charge < -0.3 is 10.3 Å². The fourth-order valence-electron chi connectivity index (χ4n) is 3.94. The molecule has 172 valence electrons. The molecule has 1 atom stereocenters. The van der Waals surface area contributed by atoms with E-state index in [1.165, 1.54) is 30.9 Å². The highest BCUT2D eigenvalue weighted by atomic mass is 127. The van der Waals surface area contributed by atoms with Crippen LogP contribution in [-0.4, -0.2) is 39.6 Å². The molecule has 0 saturated heterocycles. The van der Waals surface area contributed by atoms with Gasteiger partial charge in [-0.15, -0.1) is 0 Å². The van der Waals surface area contributed by atoms with Gasteiger partial charge in [-0.05, 0) is 53.3 Å². The molecular weight excluding hydrogens is 570 g/mol. The fraction of sp³-hybridized carbons (Fsp3) is 0.130. The monoisotopic (exact) mass is 588 g/mol. The van der Waals surface area contributed by atoms with Crippen LogP contribution in [0.1, 0.15) is 12.6 Å². The third kappa shape index (κ3) is 3.98. The van der Waals surface area contributed by atoms with Crippen LogP contribution < -0.4 is 5.32 Å². The number of nitrogens with one attached hydrogen (secondary N) is 2. The molecule has 34 heavy (non-hydrogen) atoms. The van der Waals surface area contributed by atoms with Crippen LogP contribution in [0.15, 0.2) is 66.1 Å². The molecule has 0 aliphatic heterocycles. The van der Waals surface area contributed by atoms with E-state index >= 15 is 0 Å². The van der Waals surface area contributed by atoms with E-state index in [9.17, 15) is 12.8 Å². The number of benzene rings is 2. The van der Waals surface area contributed by atoms with Gasteiger partial charge in [0, 0.05) is 17.2 Å². The number of halogens is 2. The van der Waals surface area contributed by atoms with E-state index in [2.05, 4.69) is 47.8 Å². The molecule has 5 rings (SSSR count). The molecule has 0 amide bonds. The van der Waals surface area contributed by atoms with E-state index in [0.717, 1.165) is 6.26 Å². The number of imidazole rings is 1. The Bertz CT molecular complexity index is 1660. The fourth-order valence-corrected chi connectivity index (χ4v) is 5.74. The minimum Gasteiger partial charge on any atom is -0.349 e. The summed E-state index contributed by atoms with van der Waals surface area (Å²) in [5.74, 6) is -0.0766. The number of nitrogens with zero attached hydrogens (tertiary/aromatic N) is 4. The van der Waals surface area contributed by atoms with Crippen LogP contribution in [0.4, 0.5) is 10.2 Å². The van der Waals surface area contributed by atoms with Gasteiger partial charge in [-0.25, -0.2) is 32.7 Å². The molecule has 5 aromatic rings. The van der Waals surface area contributed by atoms with Gasteiger partial charge in [0.1, 0.15) is 21.2 Å². The zero-order valence-corrected chi connectivity index (χ0v) is 21.0. The summed E-state index contributed by atoms with van der Waals surface area (Å²) >= 11 is 2.17. The molecule has 2 N–H and O–H groups in total. The predicted molar refractivity (Wildman–Crippen MR) is 137 cm³/mol. The maximum Gasteiger partial charge on any atom is 0.176 e. The lowest BCUT2D eigenvalue weighted by molar-refractivity contribution is 0.602. The molecule has 3 aromatic heterocycles. The molecule has 3 heterocycles. The molecule has 11 heteroatoms. The number of fused-ring (bicyclic) bond motifs is 2. The number of anilines is 1. The van der Waals surface area contributed by atoms with Crippen molar-refractivity contribution in [3.05, 3.63) is 72.7 Å². The van der Waals surface area contributed by atoms with E-state index in [0.29, 0.717) is 39.3 Å². The number of pyridine rings is 1. The van der Waals surface area contributed by atoms with E-state index in [4.69, 9.17) is 4.98 Å². The van der Waals surface area contributed by atoms with Gasteiger partial charge in [0.2, 0.25) is 0 Å². The van der Waals surface area contributed by atoms with Gasteiger partial charge in [-0.2, -0.15) is 0 Å². The zero-order valence-electron chi connectivity index (χ0n) is 18.0. The molecule has 0 saturated carbocycles. The zero-order chi connectivity index (χ0) is 24.1. The number of aromatic amines is 1. The second-order valence-electron chi connectivity index (χ2n) is 7.91. The molecule has 0 aliphatic carbocycles. The van der Waals surface area contributed by atoms with Crippen molar-refractivity contribution in [1.29, 1.82) is 0 Å². The van der Waals surface area contributed by atoms with Crippen molar-refractivity contribution in [3.63, 3.8) is 0 Å². The number of rotatable bonds is 5. The highest BCUT2D eigenvalue weighted by Crippen LogP contribution is 2.43. The normalized spacial score (nSPS) is 13.8. The van der Waals surface area contributed by atoms with Gasteiger partial charge in [-0.3, -0.25) is 0 Å². The van der Waals surface area contributed by atoms with Crippen molar-refractivity contribution in [2.75, 3.05) is 11.6 Å². The first-order valence-electron chi connectivity index (χ1n) is 10.2. The Morgan fingerprint density at radius 2 is 1.85 bits per heavy atom. The van der Waals surface area contributed by atoms with Crippen molar-refractivity contribution >= 4 is 60.3 Å². The molecule has 1 unspecified atom stereocenters. The van der Waals surface area contributed by atoms with Crippen LogP contribution in [0.2, 0.25) is 0 Å². The Kier molecular flexibility index (Phi) is 5.47. The highest BCUT2D eigenvalue weighted by molar-refractivity contribution is 14.1. The summed E-state index contributed by atoms with van der Waals surface area (Å²) in [5.41, 5.74) is 2.98. The Hall–Kier alpha value is -3.19. The Morgan fingerprint density at radius 1 is 1.09 bits per heavy atom. The number of sulfone groups is 1. The quantitative estimate of drug-likeness (QED) is 0.172. The smallest absolute Gasteiger partial charge is 0.176 e. The average Bonchev–Trinajstić information content (AvgIpc) is 3.27. The molecular formula is C23H18FIN6O2S. The second-order valence-corrected chi connectivity index (χ2v) is 12.0. The predicted octanol–water partition coefficient (Wildman–Crippen LogP) is 4.83. The standard InChI is InChI=1S/C23H18FIN6O2S/c1-23(25,31-22-18-21(27-11-26-18)28-12-29-22)20-17(13-6-4-3-5-7-13)19(34(2,32)33)15-10-14(24)8-9-16(15)30-20/h3-12H,1-2H3,(H2,26,27,28,29,31). The molecule has 8 nitrogen and oxygen atoms in total. The lowest BCUT2D eigenvalue weighted by Crippen LogP contribution is -2.28. The van der Waals surface area contributed by atoms with Gasteiger partial charge in [0.15, 0.2) is 21.3 Å².